The minimum Gasteiger partial charge on any atom is -0.350 e. The van der Waals surface area contributed by atoms with Crippen molar-refractivity contribution in [1.29, 1.82) is 0 Å². The molecule has 130 valence electrons. The molecule has 0 bridgehead atoms. The molecule has 1 aromatic carbocycles. The molecule has 0 radical (unpaired) electrons. The standard InChI is InChI=1S/C21H25N3O/c1-15-5-4-9-22-20(15)21(25)23-13-16-8-10-24(14-16)19-11-17-6-2-3-7-18(17)12-19/h2-7,9,16,19H,8,10-14H2,1H3,(H,23,25). The largest absolute Gasteiger partial charge is 0.350 e. The molecule has 1 fully saturated rings. The second kappa shape index (κ2) is 6.96. The number of carbonyl (C=O) groups is 1. The molecule has 1 saturated heterocycles. The fourth-order valence-electron chi connectivity index (χ4n) is 4.20. The van der Waals surface area contributed by atoms with Gasteiger partial charge in [0.25, 0.3) is 5.91 Å². The number of amides is 1. The fourth-order valence-corrected chi connectivity index (χ4v) is 4.20. The Kier molecular flexibility index (Phi) is 4.53. The van der Waals surface area contributed by atoms with E-state index >= 15 is 0 Å². The van der Waals surface area contributed by atoms with Gasteiger partial charge in [-0.15, -0.1) is 0 Å². The summed E-state index contributed by atoms with van der Waals surface area (Å²) < 4.78 is 0. The van der Waals surface area contributed by atoms with Crippen molar-refractivity contribution in [1.82, 2.24) is 15.2 Å². The summed E-state index contributed by atoms with van der Waals surface area (Å²) in [6, 6.07) is 13.2. The van der Waals surface area contributed by atoms with Crippen molar-refractivity contribution in [2.45, 2.75) is 32.2 Å². The lowest BCUT2D eigenvalue weighted by molar-refractivity contribution is 0.0941. The molecule has 1 aliphatic heterocycles. The van der Waals surface area contributed by atoms with E-state index in [4.69, 9.17) is 0 Å². The molecule has 2 aromatic rings. The van der Waals surface area contributed by atoms with Gasteiger partial charge in [0.1, 0.15) is 5.69 Å². The van der Waals surface area contributed by atoms with Crippen LogP contribution in [0.5, 0.6) is 0 Å². The molecule has 2 aliphatic rings. The van der Waals surface area contributed by atoms with Crippen molar-refractivity contribution in [3.63, 3.8) is 0 Å². The number of likely N-dealkylation sites (tertiary alicyclic amines) is 1. The molecule has 1 aliphatic carbocycles. The van der Waals surface area contributed by atoms with Gasteiger partial charge in [-0.05, 0) is 61.4 Å². The topological polar surface area (TPSA) is 45.2 Å². The minimum atomic E-state index is -0.0511. The Morgan fingerprint density at radius 1 is 1.20 bits per heavy atom. The highest BCUT2D eigenvalue weighted by molar-refractivity contribution is 5.93. The third-order valence-electron chi connectivity index (χ3n) is 5.64. The van der Waals surface area contributed by atoms with Gasteiger partial charge >= 0.3 is 0 Å². The maximum Gasteiger partial charge on any atom is 0.270 e. The summed E-state index contributed by atoms with van der Waals surface area (Å²) in [7, 11) is 0. The normalized spacial score (nSPS) is 20.6. The zero-order valence-electron chi connectivity index (χ0n) is 14.7. The van der Waals surface area contributed by atoms with E-state index in [1.54, 1.807) is 6.20 Å². The summed E-state index contributed by atoms with van der Waals surface area (Å²) in [5, 5.41) is 3.08. The van der Waals surface area contributed by atoms with E-state index in [0.29, 0.717) is 17.7 Å². The molecule has 1 amide bonds. The maximum atomic E-state index is 12.3. The molecular weight excluding hydrogens is 310 g/mol. The Bertz CT molecular complexity index is 748. The first kappa shape index (κ1) is 16.3. The molecule has 1 N–H and O–H groups in total. The van der Waals surface area contributed by atoms with Crippen LogP contribution in [0.25, 0.3) is 0 Å². The van der Waals surface area contributed by atoms with Crippen LogP contribution >= 0.6 is 0 Å². The zero-order valence-corrected chi connectivity index (χ0v) is 14.7. The van der Waals surface area contributed by atoms with E-state index in [1.165, 1.54) is 24.0 Å². The van der Waals surface area contributed by atoms with Crippen LogP contribution in [-0.4, -0.2) is 41.5 Å². The molecule has 1 atom stereocenters. The van der Waals surface area contributed by atoms with Gasteiger partial charge in [0, 0.05) is 25.3 Å². The highest BCUT2D eigenvalue weighted by Gasteiger charge is 2.32. The quantitative estimate of drug-likeness (QED) is 0.934. The van der Waals surface area contributed by atoms with Crippen LogP contribution in [0.15, 0.2) is 42.6 Å². The zero-order chi connectivity index (χ0) is 17.2. The predicted molar refractivity (Wildman–Crippen MR) is 98.6 cm³/mol. The number of nitrogens with one attached hydrogen (secondary N) is 1. The number of carbonyl (C=O) groups excluding carboxylic acids is 1. The Labute approximate surface area is 149 Å². The van der Waals surface area contributed by atoms with E-state index in [2.05, 4.69) is 39.5 Å². The van der Waals surface area contributed by atoms with Gasteiger partial charge in [-0.3, -0.25) is 14.7 Å². The molecule has 4 heteroatoms. The second-order valence-corrected chi connectivity index (χ2v) is 7.36. The average molecular weight is 335 g/mol. The summed E-state index contributed by atoms with van der Waals surface area (Å²) in [4.78, 5) is 19.1. The molecule has 2 heterocycles. The van der Waals surface area contributed by atoms with Crippen LogP contribution in [0.4, 0.5) is 0 Å². The van der Waals surface area contributed by atoms with E-state index in [-0.39, 0.29) is 5.91 Å². The Morgan fingerprint density at radius 2 is 1.96 bits per heavy atom. The molecule has 1 aromatic heterocycles. The highest BCUT2D eigenvalue weighted by Crippen LogP contribution is 2.29. The summed E-state index contributed by atoms with van der Waals surface area (Å²) in [5.74, 6) is 0.488. The summed E-state index contributed by atoms with van der Waals surface area (Å²) >= 11 is 0. The lowest BCUT2D eigenvalue weighted by atomic mass is 10.1. The smallest absolute Gasteiger partial charge is 0.270 e. The van der Waals surface area contributed by atoms with Crippen molar-refractivity contribution >= 4 is 5.91 Å². The van der Waals surface area contributed by atoms with E-state index in [0.717, 1.165) is 31.6 Å². The van der Waals surface area contributed by atoms with Gasteiger partial charge in [0.15, 0.2) is 0 Å². The maximum absolute atomic E-state index is 12.3. The number of hydrogen-bond donors (Lipinski definition) is 1. The fraction of sp³-hybridized carbons (Fsp3) is 0.429. The first-order valence-corrected chi connectivity index (χ1v) is 9.21. The Hall–Kier alpha value is -2.20. The van der Waals surface area contributed by atoms with Crippen molar-refractivity contribution in [3.8, 4) is 0 Å². The Morgan fingerprint density at radius 3 is 2.68 bits per heavy atom. The average Bonchev–Trinajstić information content (AvgIpc) is 3.26. The summed E-state index contributed by atoms with van der Waals surface area (Å²) in [6.45, 7) is 4.89. The molecule has 4 rings (SSSR count). The molecular formula is C21H25N3O. The van der Waals surface area contributed by atoms with Crippen molar-refractivity contribution in [2.75, 3.05) is 19.6 Å². The van der Waals surface area contributed by atoms with Gasteiger partial charge < -0.3 is 5.32 Å². The summed E-state index contributed by atoms with van der Waals surface area (Å²) in [6.07, 6.45) is 5.18. The van der Waals surface area contributed by atoms with Crippen LogP contribution in [-0.2, 0) is 12.8 Å². The summed E-state index contributed by atoms with van der Waals surface area (Å²) in [5.41, 5.74) is 4.49. The van der Waals surface area contributed by atoms with E-state index in [1.807, 2.05) is 19.1 Å². The lowest BCUT2D eigenvalue weighted by Gasteiger charge is -2.23. The predicted octanol–water partition coefficient (Wildman–Crippen LogP) is 2.61. The minimum absolute atomic E-state index is 0.0511. The van der Waals surface area contributed by atoms with Crippen LogP contribution in [0, 0.1) is 12.8 Å². The molecule has 25 heavy (non-hydrogen) atoms. The van der Waals surface area contributed by atoms with Crippen molar-refractivity contribution in [3.05, 3.63) is 65.0 Å². The van der Waals surface area contributed by atoms with E-state index in [9.17, 15) is 4.79 Å². The molecule has 4 nitrogen and oxygen atoms in total. The van der Waals surface area contributed by atoms with Crippen molar-refractivity contribution < 1.29 is 4.79 Å². The highest BCUT2D eigenvalue weighted by atomic mass is 16.1. The monoisotopic (exact) mass is 335 g/mol. The number of aryl methyl sites for hydroxylation is 1. The SMILES string of the molecule is Cc1cccnc1C(=O)NCC1CCN(C2Cc3ccccc3C2)C1. The molecule has 0 spiro atoms. The molecule has 0 saturated carbocycles. The lowest BCUT2D eigenvalue weighted by Crippen LogP contribution is -2.36. The first-order chi connectivity index (χ1) is 12.2. The van der Waals surface area contributed by atoms with E-state index < -0.39 is 0 Å². The third-order valence-corrected chi connectivity index (χ3v) is 5.64. The van der Waals surface area contributed by atoms with Gasteiger partial charge in [0.05, 0.1) is 0 Å². The Balaban J connectivity index is 1.29. The van der Waals surface area contributed by atoms with Crippen molar-refractivity contribution in [2.24, 2.45) is 5.92 Å². The van der Waals surface area contributed by atoms with Crippen LogP contribution < -0.4 is 5.32 Å². The first-order valence-electron chi connectivity index (χ1n) is 9.21. The van der Waals surface area contributed by atoms with Gasteiger partial charge in [-0.1, -0.05) is 30.3 Å². The molecule has 1 unspecified atom stereocenters. The number of hydrogen-bond acceptors (Lipinski definition) is 3. The van der Waals surface area contributed by atoms with Gasteiger partial charge in [-0.2, -0.15) is 0 Å². The number of aromatic nitrogens is 1. The number of pyridine rings is 1. The van der Waals surface area contributed by atoms with Crippen LogP contribution in [0.1, 0.15) is 33.6 Å². The van der Waals surface area contributed by atoms with Gasteiger partial charge in [-0.25, -0.2) is 0 Å². The van der Waals surface area contributed by atoms with Crippen LogP contribution in [0.2, 0.25) is 0 Å². The number of fused-ring (bicyclic) bond motifs is 1. The number of rotatable bonds is 4. The van der Waals surface area contributed by atoms with Crippen LogP contribution in [0.3, 0.4) is 0 Å². The number of nitrogens with zero attached hydrogens (tertiary/aromatic N) is 2. The second-order valence-electron chi connectivity index (χ2n) is 7.36. The third kappa shape index (κ3) is 3.45. The van der Waals surface area contributed by atoms with Gasteiger partial charge in [0.2, 0.25) is 0 Å². The number of benzene rings is 1.